The number of hydrogen-bond acceptors (Lipinski definition) is 4. The first-order valence-electron chi connectivity index (χ1n) is 5.59. The van der Waals surface area contributed by atoms with Crippen LogP contribution < -0.4 is 5.32 Å². The Labute approximate surface area is 120 Å². The fraction of sp³-hybridized carbons (Fsp3) is 0.154. The smallest absolute Gasteiger partial charge is 0.221 e. The molecule has 2 rings (SSSR count). The zero-order chi connectivity index (χ0) is 13.8. The van der Waals surface area contributed by atoms with Crippen LogP contribution in [0.5, 0.6) is 0 Å². The monoisotopic (exact) mass is 293 g/mol. The maximum absolute atomic E-state index is 10.9. The number of amides is 1. The minimum Gasteiger partial charge on any atom is -0.326 e. The van der Waals surface area contributed by atoms with Crippen LogP contribution in [0.15, 0.2) is 40.3 Å². The summed E-state index contributed by atoms with van der Waals surface area (Å²) in [5.41, 5.74) is 0.772. The molecule has 0 saturated heterocycles. The zero-order valence-electron chi connectivity index (χ0n) is 10.5. The molecule has 19 heavy (non-hydrogen) atoms. The van der Waals surface area contributed by atoms with Crippen molar-refractivity contribution in [1.82, 2.24) is 9.97 Å². The molecule has 0 spiro atoms. The van der Waals surface area contributed by atoms with Gasteiger partial charge in [-0.25, -0.2) is 9.97 Å². The van der Waals surface area contributed by atoms with Gasteiger partial charge in [0.2, 0.25) is 5.91 Å². The number of hydrogen-bond donors (Lipinski definition) is 1. The summed E-state index contributed by atoms with van der Waals surface area (Å²) in [7, 11) is 0. The quantitative estimate of drug-likeness (QED) is 0.879. The van der Waals surface area contributed by atoms with Crippen molar-refractivity contribution in [2.45, 2.75) is 23.8 Å². The molecule has 0 unspecified atom stereocenters. The van der Waals surface area contributed by atoms with Crippen LogP contribution in [0.1, 0.15) is 12.7 Å². The molecule has 98 valence electrons. The van der Waals surface area contributed by atoms with Crippen LogP contribution >= 0.6 is 23.4 Å². The molecular formula is C13H12ClN3OS. The Bertz CT molecular complexity index is 581. The van der Waals surface area contributed by atoms with Crippen molar-refractivity contribution >= 4 is 35.0 Å². The highest BCUT2D eigenvalue weighted by atomic mass is 35.5. The topological polar surface area (TPSA) is 54.9 Å². The molecule has 0 aliphatic carbocycles. The first-order chi connectivity index (χ1) is 9.02. The lowest BCUT2D eigenvalue weighted by Crippen LogP contribution is -2.05. The number of carbonyl (C=O) groups excluding carboxylic acids is 1. The van der Waals surface area contributed by atoms with Gasteiger partial charge in [0.25, 0.3) is 0 Å². The number of nitrogens with one attached hydrogen (secondary N) is 1. The van der Waals surface area contributed by atoms with Crippen molar-refractivity contribution in [3.63, 3.8) is 0 Å². The first-order valence-corrected chi connectivity index (χ1v) is 6.79. The molecule has 4 nitrogen and oxygen atoms in total. The van der Waals surface area contributed by atoms with E-state index in [9.17, 15) is 4.79 Å². The first kappa shape index (κ1) is 13.8. The number of aryl methyl sites for hydroxylation is 1. The Morgan fingerprint density at radius 1 is 1.26 bits per heavy atom. The van der Waals surface area contributed by atoms with E-state index in [-0.39, 0.29) is 5.91 Å². The van der Waals surface area contributed by atoms with E-state index in [1.165, 1.54) is 18.7 Å². The number of nitrogens with zero attached hydrogens (tertiary/aromatic N) is 2. The lowest BCUT2D eigenvalue weighted by Gasteiger charge is -2.05. The average Bonchev–Trinajstić information content (AvgIpc) is 2.29. The van der Waals surface area contributed by atoms with Gasteiger partial charge in [-0.3, -0.25) is 4.79 Å². The molecule has 0 saturated carbocycles. The van der Waals surface area contributed by atoms with Crippen molar-refractivity contribution in [1.29, 1.82) is 0 Å². The van der Waals surface area contributed by atoms with Crippen LogP contribution in [0.3, 0.4) is 0 Å². The van der Waals surface area contributed by atoms with Gasteiger partial charge in [0.1, 0.15) is 16.0 Å². The van der Waals surface area contributed by atoms with E-state index in [0.717, 1.165) is 15.6 Å². The van der Waals surface area contributed by atoms with Crippen LogP contribution in [-0.4, -0.2) is 15.9 Å². The maximum Gasteiger partial charge on any atom is 0.221 e. The standard InChI is InChI=1S/C13H12ClN3OS/c1-8-15-12(14)7-13(16-8)19-11-5-3-10(4-6-11)17-9(2)18/h3-7H,1-2H3,(H,17,18). The van der Waals surface area contributed by atoms with Crippen LogP contribution in [0, 0.1) is 6.92 Å². The third-order valence-corrected chi connectivity index (χ3v) is 3.30. The van der Waals surface area contributed by atoms with Gasteiger partial charge in [0, 0.05) is 23.6 Å². The van der Waals surface area contributed by atoms with E-state index in [0.29, 0.717) is 11.0 Å². The Morgan fingerprint density at radius 3 is 2.53 bits per heavy atom. The van der Waals surface area contributed by atoms with E-state index >= 15 is 0 Å². The maximum atomic E-state index is 10.9. The molecular weight excluding hydrogens is 282 g/mol. The van der Waals surface area contributed by atoms with Gasteiger partial charge in [-0.2, -0.15) is 0 Å². The largest absolute Gasteiger partial charge is 0.326 e. The number of benzene rings is 1. The molecule has 6 heteroatoms. The molecule has 0 bridgehead atoms. The lowest BCUT2D eigenvalue weighted by atomic mass is 10.3. The number of aromatic nitrogens is 2. The van der Waals surface area contributed by atoms with E-state index < -0.39 is 0 Å². The zero-order valence-corrected chi connectivity index (χ0v) is 12.0. The van der Waals surface area contributed by atoms with Crippen molar-refractivity contribution in [2.24, 2.45) is 0 Å². The van der Waals surface area contributed by atoms with E-state index in [1.54, 1.807) is 13.0 Å². The molecule has 0 aliphatic rings. The second kappa shape index (κ2) is 6.04. The Morgan fingerprint density at radius 2 is 1.95 bits per heavy atom. The SMILES string of the molecule is CC(=O)Nc1ccc(Sc2cc(Cl)nc(C)n2)cc1. The fourth-order valence-corrected chi connectivity index (χ4v) is 2.64. The Balaban J connectivity index is 2.12. The fourth-order valence-electron chi connectivity index (χ4n) is 1.49. The molecule has 1 amide bonds. The van der Waals surface area contributed by atoms with Gasteiger partial charge >= 0.3 is 0 Å². The third kappa shape index (κ3) is 4.22. The molecule has 1 heterocycles. The Hall–Kier alpha value is -1.59. The highest BCUT2D eigenvalue weighted by molar-refractivity contribution is 7.99. The number of rotatable bonds is 3. The van der Waals surface area contributed by atoms with Crippen LogP contribution in [0.4, 0.5) is 5.69 Å². The highest BCUT2D eigenvalue weighted by Gasteiger charge is 2.03. The van der Waals surface area contributed by atoms with Gasteiger partial charge < -0.3 is 5.32 Å². The number of anilines is 1. The molecule has 0 aliphatic heterocycles. The average molecular weight is 294 g/mol. The minimum atomic E-state index is -0.0846. The normalized spacial score (nSPS) is 10.3. The van der Waals surface area contributed by atoms with Gasteiger partial charge in [0.15, 0.2) is 0 Å². The van der Waals surface area contributed by atoms with E-state index in [4.69, 9.17) is 11.6 Å². The van der Waals surface area contributed by atoms with Crippen molar-refractivity contribution < 1.29 is 4.79 Å². The van der Waals surface area contributed by atoms with Crippen LogP contribution in [0.2, 0.25) is 5.15 Å². The second-order valence-corrected chi connectivity index (χ2v) is 5.36. The summed E-state index contributed by atoms with van der Waals surface area (Å²) in [4.78, 5) is 20.2. The minimum absolute atomic E-state index is 0.0846. The predicted octanol–water partition coefficient (Wildman–Crippen LogP) is 3.55. The molecule has 1 aromatic carbocycles. The van der Waals surface area contributed by atoms with Crippen LogP contribution in [0.25, 0.3) is 0 Å². The summed E-state index contributed by atoms with van der Waals surface area (Å²) in [5.74, 6) is 0.559. The summed E-state index contributed by atoms with van der Waals surface area (Å²) >= 11 is 7.38. The number of carbonyl (C=O) groups is 1. The van der Waals surface area contributed by atoms with Gasteiger partial charge in [0.05, 0.1) is 0 Å². The van der Waals surface area contributed by atoms with Crippen molar-refractivity contribution in [3.8, 4) is 0 Å². The predicted molar refractivity (Wildman–Crippen MR) is 76.6 cm³/mol. The molecule has 1 N–H and O–H groups in total. The summed E-state index contributed by atoms with van der Waals surface area (Å²) < 4.78 is 0. The van der Waals surface area contributed by atoms with Crippen molar-refractivity contribution in [3.05, 3.63) is 41.3 Å². The molecule has 0 fully saturated rings. The van der Waals surface area contributed by atoms with Crippen molar-refractivity contribution in [2.75, 3.05) is 5.32 Å². The second-order valence-electron chi connectivity index (χ2n) is 3.88. The summed E-state index contributed by atoms with van der Waals surface area (Å²) in [5, 5.41) is 3.95. The molecule has 1 aromatic heterocycles. The number of halogens is 1. The van der Waals surface area contributed by atoms with Crippen LogP contribution in [-0.2, 0) is 4.79 Å². The van der Waals surface area contributed by atoms with Gasteiger partial charge in [-0.05, 0) is 31.2 Å². The third-order valence-electron chi connectivity index (χ3n) is 2.18. The summed E-state index contributed by atoms with van der Waals surface area (Å²) in [6.45, 7) is 3.28. The van der Waals surface area contributed by atoms with E-state index in [1.807, 2.05) is 24.3 Å². The van der Waals surface area contributed by atoms with E-state index in [2.05, 4.69) is 15.3 Å². The van der Waals surface area contributed by atoms with Gasteiger partial charge in [-0.1, -0.05) is 23.4 Å². The summed E-state index contributed by atoms with van der Waals surface area (Å²) in [6.07, 6.45) is 0. The Kier molecular flexibility index (Phi) is 4.39. The summed E-state index contributed by atoms with van der Waals surface area (Å²) in [6, 6.07) is 9.25. The molecule has 0 radical (unpaired) electrons. The van der Waals surface area contributed by atoms with Gasteiger partial charge in [-0.15, -0.1) is 0 Å². The lowest BCUT2D eigenvalue weighted by molar-refractivity contribution is -0.114. The highest BCUT2D eigenvalue weighted by Crippen LogP contribution is 2.28. The molecule has 2 aromatic rings. The molecule has 0 atom stereocenters.